The summed E-state index contributed by atoms with van der Waals surface area (Å²) in [5.74, 6) is 0. The zero-order valence-corrected chi connectivity index (χ0v) is 12.4. The first-order valence-electron chi connectivity index (χ1n) is 7.75. The van der Waals surface area contributed by atoms with Crippen molar-refractivity contribution in [2.45, 2.75) is 58.7 Å². The molecule has 0 aromatic carbocycles. The van der Waals surface area contributed by atoms with Gasteiger partial charge < -0.3 is 9.88 Å². The van der Waals surface area contributed by atoms with Gasteiger partial charge in [-0.15, -0.1) is 0 Å². The van der Waals surface area contributed by atoms with E-state index in [9.17, 15) is 0 Å². The van der Waals surface area contributed by atoms with Gasteiger partial charge in [-0.2, -0.15) is 0 Å². The van der Waals surface area contributed by atoms with E-state index in [1.165, 1.54) is 44.5 Å². The van der Waals surface area contributed by atoms with E-state index in [0.717, 1.165) is 19.6 Å². The summed E-state index contributed by atoms with van der Waals surface area (Å²) in [6.45, 7) is 10.1. The van der Waals surface area contributed by atoms with E-state index < -0.39 is 0 Å². The highest BCUT2D eigenvalue weighted by Gasteiger charge is 2.17. The molecule has 0 radical (unpaired) electrons. The van der Waals surface area contributed by atoms with Crippen LogP contribution in [0.4, 0.5) is 0 Å². The van der Waals surface area contributed by atoms with Crippen LogP contribution in [0.25, 0.3) is 0 Å². The Labute approximate surface area is 117 Å². The first kappa shape index (κ1) is 14.5. The Kier molecular flexibility index (Phi) is 5.86. The molecule has 4 heteroatoms. The van der Waals surface area contributed by atoms with Crippen molar-refractivity contribution < 1.29 is 0 Å². The average Bonchev–Trinajstić information content (AvgIpc) is 2.87. The molecule has 1 aliphatic rings. The lowest BCUT2D eigenvalue weighted by Crippen LogP contribution is -2.40. The normalized spacial score (nSPS) is 18.6. The molecular formula is C15H28N4. The van der Waals surface area contributed by atoms with Gasteiger partial charge in [0, 0.05) is 25.3 Å². The van der Waals surface area contributed by atoms with Gasteiger partial charge in [0.1, 0.15) is 0 Å². The highest BCUT2D eigenvalue weighted by Crippen LogP contribution is 2.14. The van der Waals surface area contributed by atoms with Gasteiger partial charge in [-0.25, -0.2) is 4.98 Å². The summed E-state index contributed by atoms with van der Waals surface area (Å²) in [7, 11) is 0. The topological polar surface area (TPSA) is 33.1 Å². The Morgan fingerprint density at radius 2 is 2.11 bits per heavy atom. The maximum absolute atomic E-state index is 4.30. The predicted octanol–water partition coefficient (Wildman–Crippen LogP) is 2.26. The lowest BCUT2D eigenvalue weighted by atomic mass is 10.1. The number of rotatable bonds is 7. The predicted molar refractivity (Wildman–Crippen MR) is 79.1 cm³/mol. The minimum absolute atomic E-state index is 0.611. The van der Waals surface area contributed by atoms with Crippen LogP contribution in [0.3, 0.4) is 0 Å². The van der Waals surface area contributed by atoms with Gasteiger partial charge in [0.15, 0.2) is 0 Å². The standard InChI is InChI=1S/C15H28N4/c1-3-7-16-10-15-11-17-13-19(15)12-14(2)18-8-5-4-6-9-18/h11,13-14,16H,3-10,12H2,1-2H3. The fourth-order valence-electron chi connectivity index (χ4n) is 2.81. The Balaban J connectivity index is 1.85. The maximum Gasteiger partial charge on any atom is 0.0949 e. The Morgan fingerprint density at radius 1 is 1.32 bits per heavy atom. The average molecular weight is 264 g/mol. The van der Waals surface area contributed by atoms with Crippen LogP contribution in [0.5, 0.6) is 0 Å². The lowest BCUT2D eigenvalue weighted by Gasteiger charge is -2.32. The van der Waals surface area contributed by atoms with Gasteiger partial charge in [-0.05, 0) is 45.8 Å². The van der Waals surface area contributed by atoms with Crippen molar-refractivity contribution in [1.82, 2.24) is 19.8 Å². The number of imidazole rings is 1. The minimum atomic E-state index is 0.611. The molecule has 2 rings (SSSR count). The second-order valence-corrected chi connectivity index (χ2v) is 5.66. The number of nitrogens with zero attached hydrogens (tertiary/aromatic N) is 3. The van der Waals surface area contributed by atoms with Gasteiger partial charge in [-0.1, -0.05) is 13.3 Å². The van der Waals surface area contributed by atoms with Crippen LogP contribution in [-0.2, 0) is 13.1 Å². The molecule has 0 bridgehead atoms. The highest BCUT2D eigenvalue weighted by atomic mass is 15.2. The van der Waals surface area contributed by atoms with Crippen molar-refractivity contribution in [3.8, 4) is 0 Å². The molecule has 19 heavy (non-hydrogen) atoms. The van der Waals surface area contributed by atoms with Crippen molar-refractivity contribution in [2.75, 3.05) is 19.6 Å². The number of aromatic nitrogens is 2. The van der Waals surface area contributed by atoms with Crippen LogP contribution < -0.4 is 5.32 Å². The molecular weight excluding hydrogens is 236 g/mol. The van der Waals surface area contributed by atoms with Crippen LogP contribution in [-0.4, -0.2) is 40.1 Å². The third-order valence-corrected chi connectivity index (χ3v) is 4.01. The van der Waals surface area contributed by atoms with Crippen LogP contribution in [0.2, 0.25) is 0 Å². The van der Waals surface area contributed by atoms with Gasteiger partial charge >= 0.3 is 0 Å². The summed E-state index contributed by atoms with van der Waals surface area (Å²) in [6, 6.07) is 0.611. The number of hydrogen-bond donors (Lipinski definition) is 1. The molecule has 0 amide bonds. The molecule has 4 nitrogen and oxygen atoms in total. The maximum atomic E-state index is 4.30. The second kappa shape index (κ2) is 7.65. The summed E-state index contributed by atoms with van der Waals surface area (Å²) in [5, 5.41) is 3.46. The molecule has 0 saturated carbocycles. The van der Waals surface area contributed by atoms with Crippen molar-refractivity contribution >= 4 is 0 Å². The molecule has 1 unspecified atom stereocenters. The molecule has 0 aliphatic carbocycles. The van der Waals surface area contributed by atoms with Crippen molar-refractivity contribution in [1.29, 1.82) is 0 Å². The van der Waals surface area contributed by atoms with Gasteiger partial charge in [-0.3, -0.25) is 4.90 Å². The molecule has 1 aromatic heterocycles. The van der Waals surface area contributed by atoms with Gasteiger partial charge in [0.2, 0.25) is 0 Å². The summed E-state index contributed by atoms with van der Waals surface area (Å²) >= 11 is 0. The van der Waals surface area contributed by atoms with Crippen molar-refractivity contribution in [2.24, 2.45) is 0 Å². The molecule has 1 saturated heterocycles. The molecule has 2 heterocycles. The third-order valence-electron chi connectivity index (χ3n) is 4.01. The fraction of sp³-hybridized carbons (Fsp3) is 0.800. The number of likely N-dealkylation sites (tertiary alicyclic amines) is 1. The van der Waals surface area contributed by atoms with Gasteiger partial charge in [0.05, 0.1) is 12.0 Å². The SMILES string of the molecule is CCCNCc1cncn1CC(C)N1CCCCC1. The van der Waals surface area contributed by atoms with E-state index in [4.69, 9.17) is 0 Å². The molecule has 1 N–H and O–H groups in total. The zero-order chi connectivity index (χ0) is 13.5. The number of piperidine rings is 1. The first-order valence-corrected chi connectivity index (χ1v) is 7.75. The third kappa shape index (κ3) is 4.32. The largest absolute Gasteiger partial charge is 0.332 e. The Morgan fingerprint density at radius 3 is 2.84 bits per heavy atom. The summed E-state index contributed by atoms with van der Waals surface area (Å²) < 4.78 is 2.31. The highest BCUT2D eigenvalue weighted by molar-refractivity contribution is 4.98. The number of hydrogen-bond acceptors (Lipinski definition) is 3. The molecule has 0 spiro atoms. The Hall–Kier alpha value is -0.870. The zero-order valence-electron chi connectivity index (χ0n) is 12.4. The summed E-state index contributed by atoms with van der Waals surface area (Å²) in [6.07, 6.45) is 9.27. The van der Waals surface area contributed by atoms with E-state index >= 15 is 0 Å². The second-order valence-electron chi connectivity index (χ2n) is 5.66. The van der Waals surface area contributed by atoms with E-state index in [-0.39, 0.29) is 0 Å². The molecule has 1 atom stereocenters. The van der Waals surface area contributed by atoms with Crippen molar-refractivity contribution in [3.05, 3.63) is 18.2 Å². The van der Waals surface area contributed by atoms with E-state index in [2.05, 4.69) is 33.6 Å². The quantitative estimate of drug-likeness (QED) is 0.767. The molecule has 1 aliphatic heterocycles. The fourth-order valence-corrected chi connectivity index (χ4v) is 2.81. The summed E-state index contributed by atoms with van der Waals surface area (Å²) in [5.41, 5.74) is 1.30. The first-order chi connectivity index (χ1) is 9.31. The van der Waals surface area contributed by atoms with E-state index in [1.54, 1.807) is 0 Å². The van der Waals surface area contributed by atoms with Crippen LogP contribution in [0.1, 0.15) is 45.2 Å². The minimum Gasteiger partial charge on any atom is -0.332 e. The van der Waals surface area contributed by atoms with E-state index in [0.29, 0.717) is 6.04 Å². The summed E-state index contributed by atoms with van der Waals surface area (Å²) in [4.78, 5) is 6.92. The molecule has 108 valence electrons. The lowest BCUT2D eigenvalue weighted by molar-refractivity contribution is 0.159. The smallest absolute Gasteiger partial charge is 0.0949 e. The van der Waals surface area contributed by atoms with Gasteiger partial charge in [0.25, 0.3) is 0 Å². The monoisotopic (exact) mass is 264 g/mol. The van der Waals surface area contributed by atoms with Crippen LogP contribution in [0, 0.1) is 0 Å². The van der Waals surface area contributed by atoms with Crippen LogP contribution >= 0.6 is 0 Å². The molecule has 1 aromatic rings. The van der Waals surface area contributed by atoms with Crippen molar-refractivity contribution in [3.63, 3.8) is 0 Å². The number of nitrogens with one attached hydrogen (secondary N) is 1. The Bertz CT molecular complexity index is 355. The van der Waals surface area contributed by atoms with Crippen LogP contribution in [0.15, 0.2) is 12.5 Å². The molecule has 1 fully saturated rings. The van der Waals surface area contributed by atoms with E-state index in [1.807, 2.05) is 12.5 Å².